The average molecular weight is 407 g/mol. The molecule has 7 nitrogen and oxygen atoms in total. The van der Waals surface area contributed by atoms with Crippen LogP contribution in [-0.2, 0) is 25.7 Å². The molecule has 0 unspecified atom stereocenters. The fourth-order valence-electron chi connectivity index (χ4n) is 2.44. The number of nitrogens with one attached hydrogen (secondary N) is 2. The largest absolute Gasteiger partial charge is 0.460 e. The zero-order valence-electron chi connectivity index (χ0n) is 18.1. The third-order valence-corrected chi connectivity index (χ3v) is 3.90. The van der Waals surface area contributed by atoms with Gasteiger partial charge in [-0.3, -0.25) is 9.59 Å². The Kier molecular flexibility index (Phi) is 10.2. The highest BCUT2D eigenvalue weighted by molar-refractivity contribution is 5.86. The van der Waals surface area contributed by atoms with Crippen molar-refractivity contribution in [2.75, 3.05) is 6.54 Å². The van der Waals surface area contributed by atoms with E-state index in [9.17, 15) is 14.4 Å². The van der Waals surface area contributed by atoms with Crippen LogP contribution in [0.25, 0.3) is 0 Å². The average Bonchev–Trinajstić information content (AvgIpc) is 2.62. The molecule has 0 bridgehead atoms. The van der Waals surface area contributed by atoms with Gasteiger partial charge in [-0.05, 0) is 45.1 Å². The van der Waals surface area contributed by atoms with Crippen LogP contribution in [0, 0.1) is 5.92 Å². The van der Waals surface area contributed by atoms with Gasteiger partial charge in [-0.15, -0.1) is 0 Å². The number of amides is 2. The van der Waals surface area contributed by atoms with Crippen molar-refractivity contribution in [1.82, 2.24) is 10.6 Å². The third kappa shape index (κ3) is 11.8. The Labute approximate surface area is 173 Å². The molecule has 0 aromatic heterocycles. The Hall–Kier alpha value is -2.57. The fourth-order valence-corrected chi connectivity index (χ4v) is 2.44. The lowest BCUT2D eigenvalue weighted by Gasteiger charge is -2.21. The normalized spacial score (nSPS) is 12.2. The Morgan fingerprint density at radius 2 is 1.69 bits per heavy atom. The molecule has 0 heterocycles. The third-order valence-electron chi connectivity index (χ3n) is 3.90. The number of esters is 1. The molecule has 1 aromatic carbocycles. The minimum atomic E-state index is -0.877. The summed E-state index contributed by atoms with van der Waals surface area (Å²) in [7, 11) is 0. The molecule has 1 atom stereocenters. The summed E-state index contributed by atoms with van der Waals surface area (Å²) < 4.78 is 10.5. The monoisotopic (exact) mass is 406 g/mol. The van der Waals surface area contributed by atoms with Crippen LogP contribution in [0.5, 0.6) is 0 Å². The summed E-state index contributed by atoms with van der Waals surface area (Å²) in [5.41, 5.74) is 0.239. The number of hydrogen-bond acceptors (Lipinski definition) is 5. The summed E-state index contributed by atoms with van der Waals surface area (Å²) in [5, 5.41) is 5.37. The maximum Gasteiger partial charge on any atom is 0.408 e. The fraction of sp³-hybridized carbons (Fsp3) is 0.591. The van der Waals surface area contributed by atoms with E-state index in [4.69, 9.17) is 9.47 Å². The number of ether oxygens (including phenoxy) is 2. The molecule has 0 fully saturated rings. The van der Waals surface area contributed by atoms with Gasteiger partial charge < -0.3 is 20.1 Å². The predicted octanol–water partition coefficient (Wildman–Crippen LogP) is 3.57. The zero-order chi connectivity index (χ0) is 21.9. The van der Waals surface area contributed by atoms with Crippen LogP contribution in [0.2, 0.25) is 0 Å². The molecule has 2 amide bonds. The molecule has 0 saturated carbocycles. The van der Waals surface area contributed by atoms with Gasteiger partial charge in [0.15, 0.2) is 0 Å². The summed E-state index contributed by atoms with van der Waals surface area (Å²) >= 11 is 0. The first kappa shape index (κ1) is 24.5. The quantitative estimate of drug-likeness (QED) is 0.580. The van der Waals surface area contributed by atoms with Crippen LogP contribution in [0.4, 0.5) is 4.79 Å². The molecule has 0 aliphatic heterocycles. The summed E-state index contributed by atoms with van der Waals surface area (Å²) in [6, 6.07) is 8.37. The van der Waals surface area contributed by atoms with E-state index in [1.54, 1.807) is 20.8 Å². The maximum absolute atomic E-state index is 12.5. The van der Waals surface area contributed by atoms with E-state index in [1.165, 1.54) is 0 Å². The van der Waals surface area contributed by atoms with E-state index in [0.717, 1.165) is 12.0 Å². The number of benzene rings is 1. The summed E-state index contributed by atoms with van der Waals surface area (Å²) in [6.45, 7) is 10.1. The van der Waals surface area contributed by atoms with E-state index in [1.807, 2.05) is 30.3 Å². The lowest BCUT2D eigenvalue weighted by Crippen LogP contribution is -2.47. The first-order chi connectivity index (χ1) is 13.6. The minimum absolute atomic E-state index is 0.0124. The van der Waals surface area contributed by atoms with E-state index < -0.39 is 23.7 Å². The molecule has 0 spiro atoms. The van der Waals surface area contributed by atoms with E-state index in [-0.39, 0.29) is 25.4 Å². The smallest absolute Gasteiger partial charge is 0.408 e. The van der Waals surface area contributed by atoms with Crippen molar-refractivity contribution in [2.45, 2.75) is 72.1 Å². The van der Waals surface area contributed by atoms with E-state index in [2.05, 4.69) is 24.5 Å². The Morgan fingerprint density at radius 3 is 2.28 bits per heavy atom. The highest BCUT2D eigenvalue weighted by atomic mass is 16.6. The van der Waals surface area contributed by atoms with Crippen molar-refractivity contribution in [3.63, 3.8) is 0 Å². The molecule has 0 radical (unpaired) electrons. The second-order valence-corrected chi connectivity index (χ2v) is 8.36. The lowest BCUT2D eigenvalue weighted by molar-refractivity contribution is -0.155. The molecular formula is C22H34N2O5. The van der Waals surface area contributed by atoms with Gasteiger partial charge in [0.2, 0.25) is 5.91 Å². The van der Waals surface area contributed by atoms with Crippen LogP contribution in [0.3, 0.4) is 0 Å². The second kappa shape index (κ2) is 12.1. The van der Waals surface area contributed by atoms with Crippen molar-refractivity contribution in [3.05, 3.63) is 35.9 Å². The second-order valence-electron chi connectivity index (χ2n) is 8.36. The highest BCUT2D eigenvalue weighted by Gasteiger charge is 2.24. The standard InChI is InChI=1S/C22H34N2O5/c1-16(2)13-14-23-20(26)18(11-12-19(25)29-22(3,4)5)24-21(27)28-15-17-9-7-6-8-10-17/h6-10,16,18H,11-15H2,1-5H3,(H,23,26)(H,24,27)/t18-/m0/s1. The van der Waals surface area contributed by atoms with Gasteiger partial charge in [0, 0.05) is 13.0 Å². The van der Waals surface area contributed by atoms with E-state index in [0.29, 0.717) is 12.5 Å². The van der Waals surface area contributed by atoms with Gasteiger partial charge in [0.05, 0.1) is 0 Å². The van der Waals surface area contributed by atoms with Gasteiger partial charge in [0.1, 0.15) is 18.2 Å². The van der Waals surface area contributed by atoms with Crippen LogP contribution < -0.4 is 10.6 Å². The predicted molar refractivity (Wildman–Crippen MR) is 111 cm³/mol. The van der Waals surface area contributed by atoms with Gasteiger partial charge in [0.25, 0.3) is 0 Å². The van der Waals surface area contributed by atoms with Crippen LogP contribution in [-0.4, -0.2) is 36.2 Å². The van der Waals surface area contributed by atoms with Crippen molar-refractivity contribution in [1.29, 1.82) is 0 Å². The van der Waals surface area contributed by atoms with Crippen molar-refractivity contribution < 1.29 is 23.9 Å². The summed E-state index contributed by atoms with van der Waals surface area (Å²) in [4.78, 5) is 36.6. The maximum atomic E-state index is 12.5. The van der Waals surface area contributed by atoms with Crippen LogP contribution in [0.1, 0.15) is 59.4 Å². The molecule has 1 aromatic rings. The topological polar surface area (TPSA) is 93.7 Å². The number of rotatable bonds is 10. The first-order valence-electron chi connectivity index (χ1n) is 10.0. The highest BCUT2D eigenvalue weighted by Crippen LogP contribution is 2.11. The Bertz CT molecular complexity index is 653. The minimum Gasteiger partial charge on any atom is -0.460 e. The van der Waals surface area contributed by atoms with Crippen molar-refractivity contribution >= 4 is 18.0 Å². The molecule has 0 aliphatic rings. The molecular weight excluding hydrogens is 372 g/mol. The first-order valence-corrected chi connectivity index (χ1v) is 10.0. The molecule has 29 heavy (non-hydrogen) atoms. The van der Waals surface area contributed by atoms with Crippen LogP contribution >= 0.6 is 0 Å². The molecule has 0 aliphatic carbocycles. The number of hydrogen-bond donors (Lipinski definition) is 2. The molecule has 2 N–H and O–H groups in total. The number of alkyl carbamates (subject to hydrolysis) is 1. The SMILES string of the molecule is CC(C)CCNC(=O)[C@H](CCC(=O)OC(C)(C)C)NC(=O)OCc1ccccc1. The van der Waals surface area contributed by atoms with Gasteiger partial charge >= 0.3 is 12.1 Å². The summed E-state index contributed by atoms with van der Waals surface area (Å²) in [6.07, 6.45) is 0.256. The molecule has 0 saturated heterocycles. The van der Waals surface area contributed by atoms with Gasteiger partial charge in [-0.1, -0.05) is 44.2 Å². The lowest BCUT2D eigenvalue weighted by atomic mass is 10.1. The van der Waals surface area contributed by atoms with Crippen molar-refractivity contribution in [2.24, 2.45) is 5.92 Å². The number of carbonyl (C=O) groups excluding carboxylic acids is 3. The molecule has 162 valence electrons. The van der Waals surface area contributed by atoms with Crippen LogP contribution in [0.15, 0.2) is 30.3 Å². The van der Waals surface area contributed by atoms with Crippen molar-refractivity contribution in [3.8, 4) is 0 Å². The Morgan fingerprint density at radius 1 is 1.03 bits per heavy atom. The molecule has 1 rings (SSSR count). The van der Waals surface area contributed by atoms with E-state index >= 15 is 0 Å². The number of carbonyl (C=O) groups is 3. The Balaban J connectivity index is 2.61. The molecule has 7 heteroatoms. The van der Waals surface area contributed by atoms with Gasteiger partial charge in [-0.25, -0.2) is 4.79 Å². The summed E-state index contributed by atoms with van der Waals surface area (Å²) in [5.74, 6) is -0.317. The zero-order valence-corrected chi connectivity index (χ0v) is 18.1. The van der Waals surface area contributed by atoms with Gasteiger partial charge in [-0.2, -0.15) is 0 Å².